The van der Waals surface area contributed by atoms with Crippen molar-refractivity contribution >= 4 is 23.2 Å². The molecule has 3 aliphatic carbocycles. The van der Waals surface area contributed by atoms with Crippen molar-refractivity contribution in [2.24, 2.45) is 18.9 Å². The van der Waals surface area contributed by atoms with Gasteiger partial charge in [-0.05, 0) is 92.2 Å². The first-order valence-electron chi connectivity index (χ1n) is 14.2. The Kier molecular flexibility index (Phi) is 7.35. The van der Waals surface area contributed by atoms with Gasteiger partial charge in [-0.2, -0.15) is 13.2 Å². The third kappa shape index (κ3) is 5.91. The lowest BCUT2D eigenvalue weighted by atomic mass is 9.68. The van der Waals surface area contributed by atoms with Gasteiger partial charge in [0.25, 0.3) is 5.91 Å². The second-order valence-corrected chi connectivity index (χ2v) is 12.7. The highest BCUT2D eigenvalue weighted by atomic mass is 35.5. The molecule has 1 amide bonds. The number of nitrogens with zero attached hydrogens (tertiary/aromatic N) is 2. The minimum absolute atomic E-state index is 0.0200. The molecule has 3 saturated carbocycles. The highest BCUT2D eigenvalue weighted by Crippen LogP contribution is 2.54. The first-order chi connectivity index (χ1) is 20.2. The Morgan fingerprint density at radius 1 is 1.00 bits per heavy atom. The van der Waals surface area contributed by atoms with Crippen LogP contribution in [0.3, 0.4) is 0 Å². The third-order valence-corrected chi connectivity index (χ3v) is 9.48. The number of alkyl halides is 3. The molecule has 1 aromatic heterocycles. The number of aromatic nitrogens is 2. The molecule has 0 aliphatic heterocycles. The highest BCUT2D eigenvalue weighted by Gasteiger charge is 2.50. The van der Waals surface area contributed by atoms with E-state index in [1.54, 1.807) is 17.9 Å². The number of carbonyl (C=O) groups excluding carboxylic acids is 1. The van der Waals surface area contributed by atoms with Gasteiger partial charge in [0.2, 0.25) is 0 Å². The molecule has 0 spiro atoms. The number of halogens is 5. The van der Waals surface area contributed by atoms with Crippen LogP contribution in [0.4, 0.5) is 23.2 Å². The normalized spacial score (nSPS) is 29.9. The van der Waals surface area contributed by atoms with Gasteiger partial charge >= 0.3 is 6.18 Å². The van der Waals surface area contributed by atoms with Gasteiger partial charge in [-0.25, -0.2) is 9.37 Å². The van der Waals surface area contributed by atoms with Gasteiger partial charge in [0.1, 0.15) is 22.7 Å². The summed E-state index contributed by atoms with van der Waals surface area (Å²) in [7, 11) is 1.74. The van der Waals surface area contributed by atoms with Crippen LogP contribution in [0.5, 0.6) is 0 Å². The van der Waals surface area contributed by atoms with Crippen LogP contribution in [0, 0.1) is 29.5 Å². The molecule has 1 heterocycles. The fourth-order valence-corrected chi connectivity index (χ4v) is 7.23. The Morgan fingerprint density at radius 3 is 2.19 bits per heavy atom. The molecule has 2 unspecified atom stereocenters. The molecular weight excluding hydrogens is 586 g/mol. The van der Waals surface area contributed by atoms with Gasteiger partial charge in [0.05, 0.1) is 22.6 Å². The minimum atomic E-state index is -4.39. The molecule has 6 rings (SSSR count). The summed E-state index contributed by atoms with van der Waals surface area (Å²) in [6.07, 6.45) is 0.146. The van der Waals surface area contributed by atoms with E-state index in [2.05, 4.69) is 22.1 Å². The van der Waals surface area contributed by atoms with Crippen LogP contribution in [0.2, 0.25) is 5.02 Å². The van der Waals surface area contributed by atoms with Crippen LogP contribution in [0.25, 0.3) is 0 Å². The molecule has 43 heavy (non-hydrogen) atoms. The number of benzene rings is 2. The zero-order valence-electron chi connectivity index (χ0n) is 23.3. The van der Waals surface area contributed by atoms with Crippen molar-refractivity contribution in [3.8, 4) is 11.8 Å². The summed E-state index contributed by atoms with van der Waals surface area (Å²) in [4.78, 5) is 17.7. The predicted molar refractivity (Wildman–Crippen MR) is 152 cm³/mol. The summed E-state index contributed by atoms with van der Waals surface area (Å²) < 4.78 is 53.7. The van der Waals surface area contributed by atoms with Crippen LogP contribution in [-0.2, 0) is 13.2 Å². The van der Waals surface area contributed by atoms with Crippen LogP contribution in [0.15, 0.2) is 48.8 Å². The zero-order valence-corrected chi connectivity index (χ0v) is 24.0. The number of hydrogen-bond acceptors (Lipinski definition) is 4. The van der Waals surface area contributed by atoms with E-state index in [-0.39, 0.29) is 34.6 Å². The Balaban J connectivity index is 1.07. The quantitative estimate of drug-likeness (QED) is 0.233. The molecule has 0 radical (unpaired) electrons. The molecule has 0 bridgehead atoms. The second-order valence-electron chi connectivity index (χ2n) is 12.3. The minimum Gasteiger partial charge on any atom is -0.378 e. The molecule has 0 saturated heterocycles. The molecule has 2 atom stereocenters. The number of hydrogen-bond donors (Lipinski definition) is 3. The molecule has 3 aromatic rings. The van der Waals surface area contributed by atoms with Crippen LogP contribution < -0.4 is 5.32 Å². The average Bonchev–Trinajstić information content (AvgIpc) is 3.58. The number of imidazole rings is 1. The molecule has 11 heteroatoms. The number of amides is 1. The topological polar surface area (TPSA) is 87.4 Å². The number of carbonyl (C=O) groups is 1. The number of anilines is 1. The fourth-order valence-electron chi connectivity index (χ4n) is 7.05. The van der Waals surface area contributed by atoms with E-state index in [0.29, 0.717) is 42.8 Å². The smallest absolute Gasteiger partial charge is 0.378 e. The van der Waals surface area contributed by atoms with E-state index in [9.17, 15) is 32.6 Å². The van der Waals surface area contributed by atoms with Crippen LogP contribution in [0.1, 0.15) is 77.7 Å². The van der Waals surface area contributed by atoms with Crippen molar-refractivity contribution < 1.29 is 32.6 Å². The summed E-state index contributed by atoms with van der Waals surface area (Å²) in [5.41, 5.74) is -1.04. The Hall–Kier alpha value is -3.39. The van der Waals surface area contributed by atoms with Crippen molar-refractivity contribution in [2.45, 2.75) is 67.7 Å². The summed E-state index contributed by atoms with van der Waals surface area (Å²) in [6, 6.07) is 8.95. The lowest BCUT2D eigenvalue weighted by molar-refractivity contribution is -0.137. The van der Waals surface area contributed by atoms with E-state index in [0.717, 1.165) is 30.5 Å². The van der Waals surface area contributed by atoms with Crippen LogP contribution in [-0.4, -0.2) is 36.9 Å². The lowest BCUT2D eigenvalue weighted by Crippen LogP contribution is -2.41. The van der Waals surface area contributed by atoms with Crippen molar-refractivity contribution in [3.05, 3.63) is 82.1 Å². The van der Waals surface area contributed by atoms with E-state index in [1.807, 2.05) is 0 Å². The molecular formula is C32H30ClF4N3O3. The standard InChI is InChI=1S/C32H30ClF4N3O3/c1-40-17-38-27(28(40)29(41)39-24-6-7-26(34)25(33)12-24)19-10-20-13-30(42,14-21(20)11-19)8-9-31(43)15-22(16-31)18-2-4-23(5-3-18)32(35,36)37/h2-7,12,17,19-22,42-43H,10-11,13-16H2,1H3,(H,39,41). The average molecular weight is 616 g/mol. The van der Waals surface area contributed by atoms with Gasteiger partial charge in [0, 0.05) is 18.7 Å². The summed E-state index contributed by atoms with van der Waals surface area (Å²) in [6.45, 7) is 0. The van der Waals surface area contributed by atoms with E-state index in [4.69, 9.17) is 11.6 Å². The fraction of sp³-hybridized carbons (Fsp3) is 0.438. The van der Waals surface area contributed by atoms with Gasteiger partial charge in [-0.15, -0.1) is 0 Å². The van der Waals surface area contributed by atoms with Crippen molar-refractivity contribution in [1.29, 1.82) is 0 Å². The Morgan fingerprint density at radius 2 is 1.60 bits per heavy atom. The van der Waals surface area contributed by atoms with Gasteiger partial charge < -0.3 is 20.1 Å². The second kappa shape index (κ2) is 10.7. The first-order valence-corrected chi connectivity index (χ1v) is 14.5. The van der Waals surface area contributed by atoms with Crippen LogP contribution >= 0.6 is 11.6 Å². The number of rotatable bonds is 4. The molecule has 226 valence electrons. The van der Waals surface area contributed by atoms with Gasteiger partial charge in [-0.1, -0.05) is 35.6 Å². The van der Waals surface area contributed by atoms with Gasteiger partial charge in [-0.3, -0.25) is 4.79 Å². The van der Waals surface area contributed by atoms with Crippen molar-refractivity contribution in [3.63, 3.8) is 0 Å². The maximum absolute atomic E-state index is 13.5. The Labute approximate surface area is 251 Å². The largest absolute Gasteiger partial charge is 0.416 e. The van der Waals surface area contributed by atoms with E-state index < -0.39 is 28.8 Å². The molecule has 3 N–H and O–H groups in total. The number of aryl methyl sites for hydroxylation is 1. The summed E-state index contributed by atoms with van der Waals surface area (Å²) in [5.74, 6) is 5.14. The van der Waals surface area contributed by atoms with Gasteiger partial charge in [0.15, 0.2) is 0 Å². The van der Waals surface area contributed by atoms with E-state index >= 15 is 0 Å². The number of fused-ring (bicyclic) bond motifs is 1. The molecule has 6 nitrogen and oxygen atoms in total. The maximum Gasteiger partial charge on any atom is 0.416 e. The number of aliphatic hydroxyl groups is 2. The highest BCUT2D eigenvalue weighted by molar-refractivity contribution is 6.31. The first kappa shape index (κ1) is 29.7. The van der Waals surface area contributed by atoms with Crippen molar-refractivity contribution in [2.75, 3.05) is 5.32 Å². The van der Waals surface area contributed by atoms with E-state index in [1.165, 1.54) is 30.3 Å². The predicted octanol–water partition coefficient (Wildman–Crippen LogP) is 6.43. The maximum atomic E-state index is 13.5. The molecule has 2 aromatic carbocycles. The molecule has 3 aliphatic rings. The number of nitrogens with one attached hydrogen (secondary N) is 1. The third-order valence-electron chi connectivity index (χ3n) is 9.19. The SMILES string of the molecule is Cn1cnc(C2CC3CC(O)(C#CC4(O)CC(c5ccc(C(F)(F)F)cc5)C4)CC3C2)c1C(=O)Nc1ccc(F)c(Cl)c1. The zero-order chi connectivity index (χ0) is 30.7. The summed E-state index contributed by atoms with van der Waals surface area (Å²) >= 11 is 5.85. The lowest BCUT2D eigenvalue weighted by Gasteiger charge is -2.40. The summed E-state index contributed by atoms with van der Waals surface area (Å²) in [5, 5.41) is 24.8. The monoisotopic (exact) mass is 615 g/mol. The Bertz CT molecular complexity index is 1610. The van der Waals surface area contributed by atoms with Crippen molar-refractivity contribution in [1.82, 2.24) is 9.55 Å². The molecule has 3 fully saturated rings.